The molecule has 2 heteroatoms. The first kappa shape index (κ1) is 8.69. The quantitative estimate of drug-likeness (QED) is 0.579. The standard InChI is InChI=1S/C11H7IO/c12-11-6-5-8-3-1-2-4-9(8)10(11)7-13/h1-7H. The van der Waals surface area contributed by atoms with Crippen molar-refractivity contribution in [2.75, 3.05) is 0 Å². The maximum absolute atomic E-state index is 10.8. The Bertz CT molecular complexity index is 463. The molecule has 0 bridgehead atoms. The van der Waals surface area contributed by atoms with Crippen LogP contribution in [-0.4, -0.2) is 6.29 Å². The fourth-order valence-electron chi connectivity index (χ4n) is 1.39. The van der Waals surface area contributed by atoms with E-state index >= 15 is 0 Å². The van der Waals surface area contributed by atoms with Crippen LogP contribution in [0.4, 0.5) is 0 Å². The van der Waals surface area contributed by atoms with Gasteiger partial charge in [-0.05, 0) is 39.4 Å². The summed E-state index contributed by atoms with van der Waals surface area (Å²) in [7, 11) is 0. The molecule has 2 aromatic rings. The van der Waals surface area contributed by atoms with E-state index in [1.54, 1.807) is 0 Å². The highest BCUT2D eigenvalue weighted by Crippen LogP contribution is 2.21. The molecule has 0 aliphatic rings. The molecule has 0 aliphatic heterocycles. The van der Waals surface area contributed by atoms with Gasteiger partial charge in [-0.2, -0.15) is 0 Å². The van der Waals surface area contributed by atoms with Gasteiger partial charge in [0.05, 0.1) is 0 Å². The fraction of sp³-hybridized carbons (Fsp3) is 0. The third-order valence-electron chi connectivity index (χ3n) is 2.04. The van der Waals surface area contributed by atoms with Gasteiger partial charge in [0.25, 0.3) is 0 Å². The number of rotatable bonds is 1. The molecule has 0 aromatic heterocycles. The molecule has 64 valence electrons. The van der Waals surface area contributed by atoms with Crippen molar-refractivity contribution in [2.24, 2.45) is 0 Å². The van der Waals surface area contributed by atoms with Crippen molar-refractivity contribution in [2.45, 2.75) is 0 Å². The van der Waals surface area contributed by atoms with Crippen LogP contribution in [0, 0.1) is 3.57 Å². The van der Waals surface area contributed by atoms with Crippen LogP contribution < -0.4 is 0 Å². The number of hydrogen-bond acceptors (Lipinski definition) is 1. The van der Waals surface area contributed by atoms with Gasteiger partial charge in [0.1, 0.15) is 0 Å². The van der Waals surface area contributed by atoms with Gasteiger partial charge >= 0.3 is 0 Å². The third-order valence-corrected chi connectivity index (χ3v) is 2.98. The Morgan fingerprint density at radius 1 is 1.08 bits per heavy atom. The zero-order valence-corrected chi connectivity index (χ0v) is 8.99. The molecule has 0 atom stereocenters. The predicted octanol–water partition coefficient (Wildman–Crippen LogP) is 3.26. The first-order valence-electron chi connectivity index (χ1n) is 3.95. The summed E-state index contributed by atoms with van der Waals surface area (Å²) < 4.78 is 1.01. The van der Waals surface area contributed by atoms with E-state index < -0.39 is 0 Å². The maximum Gasteiger partial charge on any atom is 0.151 e. The molecule has 0 radical (unpaired) electrons. The Morgan fingerprint density at radius 2 is 1.85 bits per heavy atom. The van der Waals surface area contributed by atoms with Crippen molar-refractivity contribution in [3.63, 3.8) is 0 Å². The van der Waals surface area contributed by atoms with Crippen LogP contribution in [0.3, 0.4) is 0 Å². The van der Waals surface area contributed by atoms with Crippen LogP contribution in [0.5, 0.6) is 0 Å². The van der Waals surface area contributed by atoms with E-state index in [1.165, 1.54) is 0 Å². The average Bonchev–Trinajstić information content (AvgIpc) is 2.18. The summed E-state index contributed by atoms with van der Waals surface area (Å²) in [6.45, 7) is 0. The molecule has 0 unspecified atom stereocenters. The SMILES string of the molecule is O=Cc1c(I)ccc2ccccc12. The highest BCUT2D eigenvalue weighted by molar-refractivity contribution is 14.1. The van der Waals surface area contributed by atoms with Crippen molar-refractivity contribution in [1.29, 1.82) is 0 Å². The van der Waals surface area contributed by atoms with E-state index in [-0.39, 0.29) is 0 Å². The monoisotopic (exact) mass is 282 g/mol. The number of carbonyl (C=O) groups excluding carboxylic acids is 1. The van der Waals surface area contributed by atoms with Gasteiger partial charge in [-0.3, -0.25) is 4.79 Å². The summed E-state index contributed by atoms with van der Waals surface area (Å²) in [5.41, 5.74) is 0.790. The fourth-order valence-corrected chi connectivity index (χ4v) is 1.99. The Hall–Kier alpha value is -0.900. The topological polar surface area (TPSA) is 17.1 Å². The Labute approximate surface area is 89.9 Å². The first-order valence-corrected chi connectivity index (χ1v) is 5.03. The zero-order valence-electron chi connectivity index (χ0n) is 6.83. The number of hydrogen-bond donors (Lipinski definition) is 0. The molecule has 0 heterocycles. The van der Waals surface area contributed by atoms with Crippen LogP contribution in [0.1, 0.15) is 10.4 Å². The first-order chi connectivity index (χ1) is 6.33. The minimum Gasteiger partial charge on any atom is -0.298 e. The lowest BCUT2D eigenvalue weighted by molar-refractivity contribution is 0.112. The highest BCUT2D eigenvalue weighted by atomic mass is 127. The number of halogens is 1. The lowest BCUT2D eigenvalue weighted by Gasteiger charge is -2.02. The van der Waals surface area contributed by atoms with Gasteiger partial charge in [0.15, 0.2) is 6.29 Å². The molecule has 0 amide bonds. The molecule has 0 spiro atoms. The Morgan fingerprint density at radius 3 is 2.62 bits per heavy atom. The minimum atomic E-state index is 0.790. The summed E-state index contributed by atoms with van der Waals surface area (Å²) >= 11 is 2.18. The van der Waals surface area contributed by atoms with Crippen molar-refractivity contribution < 1.29 is 4.79 Å². The molecular weight excluding hydrogens is 275 g/mol. The summed E-state index contributed by atoms with van der Waals surface area (Å²) in [6, 6.07) is 11.9. The molecule has 2 aromatic carbocycles. The summed E-state index contributed by atoms with van der Waals surface area (Å²) in [5.74, 6) is 0. The van der Waals surface area contributed by atoms with Gasteiger partial charge in [0, 0.05) is 9.13 Å². The van der Waals surface area contributed by atoms with Crippen molar-refractivity contribution in [1.82, 2.24) is 0 Å². The van der Waals surface area contributed by atoms with Gasteiger partial charge in [-0.1, -0.05) is 30.3 Å². The van der Waals surface area contributed by atoms with Crippen molar-refractivity contribution >= 4 is 39.6 Å². The summed E-state index contributed by atoms with van der Waals surface area (Å²) in [5, 5.41) is 2.15. The van der Waals surface area contributed by atoms with Crippen molar-refractivity contribution in [3.05, 3.63) is 45.5 Å². The summed E-state index contributed by atoms with van der Waals surface area (Å²) in [6.07, 6.45) is 0.921. The van der Waals surface area contributed by atoms with Gasteiger partial charge < -0.3 is 0 Å². The molecule has 1 nitrogen and oxygen atoms in total. The molecule has 0 saturated carbocycles. The largest absolute Gasteiger partial charge is 0.298 e. The van der Waals surface area contributed by atoms with E-state index in [1.807, 2.05) is 36.4 Å². The second-order valence-corrected chi connectivity index (χ2v) is 3.96. The second-order valence-electron chi connectivity index (χ2n) is 2.80. The number of aldehydes is 1. The van der Waals surface area contributed by atoms with Gasteiger partial charge in [0.2, 0.25) is 0 Å². The average molecular weight is 282 g/mol. The van der Waals surface area contributed by atoms with E-state index in [4.69, 9.17) is 0 Å². The number of benzene rings is 2. The van der Waals surface area contributed by atoms with E-state index in [9.17, 15) is 4.79 Å². The molecule has 13 heavy (non-hydrogen) atoms. The smallest absolute Gasteiger partial charge is 0.151 e. The maximum atomic E-state index is 10.8. The molecule has 0 aliphatic carbocycles. The zero-order chi connectivity index (χ0) is 9.26. The molecular formula is C11H7IO. The van der Waals surface area contributed by atoms with Crippen LogP contribution in [0.25, 0.3) is 10.8 Å². The normalized spacial score (nSPS) is 10.2. The van der Waals surface area contributed by atoms with Crippen molar-refractivity contribution in [3.8, 4) is 0 Å². The summed E-state index contributed by atoms with van der Waals surface area (Å²) in [4.78, 5) is 10.8. The van der Waals surface area contributed by atoms with Crippen LogP contribution in [-0.2, 0) is 0 Å². The Kier molecular flexibility index (Phi) is 2.31. The molecule has 2 rings (SSSR count). The second kappa shape index (κ2) is 3.46. The van der Waals surface area contributed by atoms with E-state index in [0.717, 1.165) is 26.2 Å². The highest BCUT2D eigenvalue weighted by Gasteiger charge is 2.02. The van der Waals surface area contributed by atoms with E-state index in [0.29, 0.717) is 0 Å². The minimum absolute atomic E-state index is 0.790. The van der Waals surface area contributed by atoms with Gasteiger partial charge in [-0.25, -0.2) is 0 Å². The molecule has 0 fully saturated rings. The number of carbonyl (C=O) groups is 1. The Balaban J connectivity index is 2.91. The van der Waals surface area contributed by atoms with Gasteiger partial charge in [-0.15, -0.1) is 0 Å². The van der Waals surface area contributed by atoms with E-state index in [2.05, 4.69) is 22.6 Å². The molecule has 0 N–H and O–H groups in total. The number of fused-ring (bicyclic) bond motifs is 1. The third kappa shape index (κ3) is 1.46. The predicted molar refractivity (Wildman–Crippen MR) is 62.1 cm³/mol. The van der Waals surface area contributed by atoms with Crippen LogP contribution >= 0.6 is 22.6 Å². The lowest BCUT2D eigenvalue weighted by Crippen LogP contribution is -1.87. The molecule has 0 saturated heterocycles. The van der Waals surface area contributed by atoms with Crippen LogP contribution in [0.2, 0.25) is 0 Å². The van der Waals surface area contributed by atoms with Crippen LogP contribution in [0.15, 0.2) is 36.4 Å². The lowest BCUT2D eigenvalue weighted by atomic mass is 10.1.